The fraction of sp³-hybridized carbons (Fsp3) is 0.600. The molecule has 4 heteroatoms. The van der Waals surface area contributed by atoms with Crippen LogP contribution in [0.1, 0.15) is 105 Å². The highest BCUT2D eigenvalue weighted by Crippen LogP contribution is 2.18. The van der Waals surface area contributed by atoms with Crippen LogP contribution in [0, 0.1) is 0 Å². The van der Waals surface area contributed by atoms with E-state index in [0.29, 0.717) is 6.10 Å². The van der Waals surface area contributed by atoms with Gasteiger partial charge in [0, 0.05) is 18.6 Å². The van der Waals surface area contributed by atoms with Crippen LogP contribution in [0.4, 0.5) is 0 Å². The molecular formula is C30H46O4. The molecule has 0 radical (unpaired) electrons. The molecule has 0 amide bonds. The molecule has 0 aliphatic carbocycles. The van der Waals surface area contributed by atoms with Crippen molar-refractivity contribution < 1.29 is 19.4 Å². The van der Waals surface area contributed by atoms with Crippen molar-refractivity contribution in [2.45, 2.75) is 111 Å². The average molecular weight is 471 g/mol. The van der Waals surface area contributed by atoms with E-state index in [9.17, 15) is 9.59 Å². The molecule has 1 N–H and O–H groups in total. The summed E-state index contributed by atoms with van der Waals surface area (Å²) in [7, 11) is 0. The zero-order chi connectivity index (χ0) is 25.3. The lowest BCUT2D eigenvalue weighted by atomic mass is 10.0. The molecule has 1 aliphatic rings. The molecule has 4 nitrogen and oxygen atoms in total. The number of ketones is 1. The normalized spacial score (nSPS) is 18.9. The maximum atomic E-state index is 11.9. The van der Waals surface area contributed by atoms with Crippen LogP contribution in [-0.4, -0.2) is 29.6 Å². The van der Waals surface area contributed by atoms with Gasteiger partial charge in [0.2, 0.25) is 0 Å². The molecule has 0 spiro atoms. The Balaban J connectivity index is 2.26. The summed E-state index contributed by atoms with van der Waals surface area (Å²) in [6.45, 7) is 10.9. The number of aliphatic carboxylic acids is 1. The van der Waals surface area contributed by atoms with Gasteiger partial charge in [0.1, 0.15) is 0 Å². The number of allylic oxidation sites excluding steroid dienone is 8. The van der Waals surface area contributed by atoms with Crippen molar-refractivity contribution in [3.63, 3.8) is 0 Å². The highest BCUT2D eigenvalue weighted by molar-refractivity contribution is 5.99. The minimum absolute atomic E-state index is 0.0808. The Labute approximate surface area is 207 Å². The molecule has 1 heterocycles. The number of ether oxygens (including phenoxy) is 1. The lowest BCUT2D eigenvalue weighted by Gasteiger charge is -2.21. The first kappa shape index (κ1) is 29.8. The van der Waals surface area contributed by atoms with Crippen molar-refractivity contribution in [3.8, 4) is 0 Å². The van der Waals surface area contributed by atoms with Gasteiger partial charge >= 0.3 is 5.97 Å². The Kier molecular flexibility index (Phi) is 15.1. The van der Waals surface area contributed by atoms with Gasteiger partial charge in [-0.25, -0.2) is 4.79 Å². The van der Waals surface area contributed by atoms with E-state index in [0.717, 1.165) is 57.1 Å². The smallest absolute Gasteiger partial charge is 0.331 e. The largest absolute Gasteiger partial charge is 0.478 e. The lowest BCUT2D eigenvalue weighted by molar-refractivity contribution is -0.132. The number of hydrogen-bond donors (Lipinski definition) is 1. The molecule has 0 aromatic heterocycles. The van der Waals surface area contributed by atoms with E-state index < -0.39 is 5.97 Å². The number of carbonyl (C=O) groups is 2. The quantitative estimate of drug-likeness (QED) is 0.194. The van der Waals surface area contributed by atoms with Crippen LogP contribution in [0.3, 0.4) is 0 Å². The summed E-state index contributed by atoms with van der Waals surface area (Å²) in [5.41, 5.74) is 5.35. The van der Waals surface area contributed by atoms with Crippen molar-refractivity contribution in [2.24, 2.45) is 0 Å². The van der Waals surface area contributed by atoms with Crippen LogP contribution in [0.15, 0.2) is 58.2 Å². The molecule has 0 aromatic carbocycles. The predicted molar refractivity (Wildman–Crippen MR) is 142 cm³/mol. The topological polar surface area (TPSA) is 63.6 Å². The number of carboxylic acid groups (broad SMARTS) is 1. The minimum Gasteiger partial charge on any atom is -0.478 e. The molecule has 34 heavy (non-hydrogen) atoms. The van der Waals surface area contributed by atoms with E-state index in [1.807, 2.05) is 6.92 Å². The molecule has 1 unspecified atom stereocenters. The van der Waals surface area contributed by atoms with Crippen molar-refractivity contribution >= 4 is 11.8 Å². The summed E-state index contributed by atoms with van der Waals surface area (Å²) in [6, 6.07) is 0. The summed E-state index contributed by atoms with van der Waals surface area (Å²) in [4.78, 5) is 22.7. The summed E-state index contributed by atoms with van der Waals surface area (Å²) < 4.78 is 5.81. The Bertz CT molecular complexity index is 802. The molecule has 0 aromatic rings. The lowest BCUT2D eigenvalue weighted by Crippen LogP contribution is -2.17. The van der Waals surface area contributed by atoms with Crippen molar-refractivity contribution in [2.75, 3.05) is 6.61 Å². The van der Waals surface area contributed by atoms with Crippen molar-refractivity contribution in [3.05, 3.63) is 58.2 Å². The first-order valence-corrected chi connectivity index (χ1v) is 12.9. The third kappa shape index (κ3) is 14.8. The second-order valence-electron chi connectivity index (χ2n) is 9.82. The second kappa shape index (κ2) is 17.3. The fourth-order valence-electron chi connectivity index (χ4n) is 3.97. The van der Waals surface area contributed by atoms with Gasteiger partial charge < -0.3 is 9.84 Å². The van der Waals surface area contributed by atoms with Gasteiger partial charge in [-0.05, 0) is 105 Å². The SMILES string of the molecule is CC(=CCCC(C)=CCC1CCCCO1)CCC=C(C)CCC=C(C)CC(=O)C=C(C)C(=O)O. The van der Waals surface area contributed by atoms with Gasteiger partial charge in [0.05, 0.1) is 6.10 Å². The first-order valence-electron chi connectivity index (χ1n) is 12.9. The Morgan fingerprint density at radius 2 is 1.32 bits per heavy atom. The van der Waals surface area contributed by atoms with Crippen molar-refractivity contribution in [1.29, 1.82) is 0 Å². The molecule has 1 fully saturated rings. The van der Waals surface area contributed by atoms with Crippen LogP contribution in [0.25, 0.3) is 0 Å². The highest BCUT2D eigenvalue weighted by Gasteiger charge is 2.11. The van der Waals surface area contributed by atoms with Gasteiger partial charge in [-0.3, -0.25) is 4.79 Å². The van der Waals surface area contributed by atoms with Gasteiger partial charge in [-0.15, -0.1) is 0 Å². The molecule has 1 atom stereocenters. The summed E-state index contributed by atoms with van der Waals surface area (Å²) in [6.07, 6.45) is 22.1. The van der Waals surface area contributed by atoms with Crippen LogP contribution < -0.4 is 0 Å². The number of rotatable bonds is 15. The van der Waals surface area contributed by atoms with Crippen LogP contribution in [0.5, 0.6) is 0 Å². The Morgan fingerprint density at radius 3 is 1.82 bits per heavy atom. The monoisotopic (exact) mass is 470 g/mol. The predicted octanol–water partition coefficient (Wildman–Crippen LogP) is 8.06. The molecule has 190 valence electrons. The van der Waals surface area contributed by atoms with E-state index >= 15 is 0 Å². The molecule has 0 bridgehead atoms. The van der Waals surface area contributed by atoms with E-state index in [1.165, 1.54) is 49.0 Å². The van der Waals surface area contributed by atoms with Crippen molar-refractivity contribution in [1.82, 2.24) is 0 Å². The minimum atomic E-state index is -1.05. The standard InChI is InChI=1S/C30H46O4/c1-23(13-9-15-25(3)18-19-29-17-6-7-20-34-29)11-8-12-24(2)14-10-16-26(4)21-28(31)22-27(5)30(32)33/h12-13,16,18,22,29H,6-11,14-15,17,19-21H2,1-5H3,(H,32,33). The maximum absolute atomic E-state index is 11.9. The van der Waals surface area contributed by atoms with Gasteiger partial charge in [-0.2, -0.15) is 0 Å². The first-order chi connectivity index (χ1) is 16.2. The second-order valence-corrected chi connectivity index (χ2v) is 9.82. The maximum Gasteiger partial charge on any atom is 0.331 e. The van der Waals surface area contributed by atoms with Crippen LogP contribution >= 0.6 is 0 Å². The van der Waals surface area contributed by atoms with Gasteiger partial charge in [0.15, 0.2) is 5.78 Å². The van der Waals surface area contributed by atoms with E-state index in [2.05, 4.69) is 45.1 Å². The zero-order valence-electron chi connectivity index (χ0n) is 22.1. The molecule has 1 rings (SSSR count). The van der Waals surface area contributed by atoms with Crippen LogP contribution in [-0.2, 0) is 14.3 Å². The van der Waals surface area contributed by atoms with Crippen LogP contribution in [0.2, 0.25) is 0 Å². The highest BCUT2D eigenvalue weighted by atomic mass is 16.5. The summed E-state index contributed by atoms with van der Waals surface area (Å²) in [5.74, 6) is -1.21. The van der Waals surface area contributed by atoms with E-state index in [-0.39, 0.29) is 17.8 Å². The average Bonchev–Trinajstić information content (AvgIpc) is 2.78. The Hall–Kier alpha value is -2.20. The number of carboxylic acids is 1. The number of carbonyl (C=O) groups excluding carboxylic acids is 1. The molecular weight excluding hydrogens is 424 g/mol. The summed E-state index contributed by atoms with van der Waals surface area (Å²) >= 11 is 0. The summed E-state index contributed by atoms with van der Waals surface area (Å²) in [5, 5.41) is 8.85. The number of hydrogen-bond acceptors (Lipinski definition) is 3. The van der Waals surface area contributed by atoms with Gasteiger partial charge in [0.25, 0.3) is 0 Å². The third-order valence-corrected chi connectivity index (χ3v) is 6.27. The molecule has 0 saturated carbocycles. The van der Waals surface area contributed by atoms with E-state index in [4.69, 9.17) is 9.84 Å². The molecule has 1 aliphatic heterocycles. The Morgan fingerprint density at radius 1 is 0.794 bits per heavy atom. The fourth-order valence-corrected chi connectivity index (χ4v) is 3.97. The zero-order valence-corrected chi connectivity index (χ0v) is 22.1. The van der Waals surface area contributed by atoms with Gasteiger partial charge in [-0.1, -0.05) is 46.6 Å². The third-order valence-electron chi connectivity index (χ3n) is 6.27. The molecule has 1 saturated heterocycles. The van der Waals surface area contributed by atoms with E-state index in [1.54, 1.807) is 0 Å².